The van der Waals surface area contributed by atoms with Crippen LogP contribution in [0.2, 0.25) is 0 Å². The van der Waals surface area contributed by atoms with Crippen LogP contribution in [0.15, 0.2) is 24.3 Å². The van der Waals surface area contributed by atoms with Crippen LogP contribution in [-0.2, 0) is 0 Å². The summed E-state index contributed by atoms with van der Waals surface area (Å²) in [5, 5.41) is 3.14. The molecule has 0 bridgehead atoms. The Morgan fingerprint density at radius 1 is 1.29 bits per heavy atom. The number of nitrogens with one attached hydrogen (secondary N) is 1. The van der Waals surface area contributed by atoms with Crippen molar-refractivity contribution in [3.8, 4) is 0 Å². The minimum Gasteiger partial charge on any atom is -0.335 e. The van der Waals surface area contributed by atoms with Gasteiger partial charge in [-0.25, -0.2) is 9.18 Å². The molecule has 2 amide bonds. The van der Waals surface area contributed by atoms with Crippen LogP contribution in [0.1, 0.15) is 57.6 Å². The Morgan fingerprint density at radius 2 is 1.90 bits per heavy atom. The number of benzene rings is 1. The zero-order valence-electron chi connectivity index (χ0n) is 12.9. The molecule has 116 valence electrons. The molecule has 4 heteroatoms. The van der Waals surface area contributed by atoms with Gasteiger partial charge in [0.05, 0.1) is 6.04 Å². The third-order valence-electron chi connectivity index (χ3n) is 4.35. The van der Waals surface area contributed by atoms with Crippen LogP contribution in [0.5, 0.6) is 0 Å². The molecule has 1 aliphatic carbocycles. The minimum atomic E-state index is -0.249. The van der Waals surface area contributed by atoms with Gasteiger partial charge in [-0.15, -0.1) is 0 Å². The molecular weight excluding hydrogens is 267 g/mol. The highest BCUT2D eigenvalue weighted by Crippen LogP contribution is 2.22. The quantitative estimate of drug-likeness (QED) is 0.884. The Morgan fingerprint density at radius 3 is 2.48 bits per heavy atom. The van der Waals surface area contributed by atoms with Crippen molar-refractivity contribution in [2.75, 3.05) is 6.54 Å². The summed E-state index contributed by atoms with van der Waals surface area (Å²) in [4.78, 5) is 14.3. The molecule has 1 atom stereocenters. The molecule has 0 saturated heterocycles. The van der Waals surface area contributed by atoms with Crippen molar-refractivity contribution in [3.63, 3.8) is 0 Å². The second-order valence-corrected chi connectivity index (χ2v) is 5.80. The fraction of sp³-hybridized carbons (Fsp3) is 0.588. The Balaban J connectivity index is 1.99. The summed E-state index contributed by atoms with van der Waals surface area (Å²) in [6.07, 6.45) is 5.83. The van der Waals surface area contributed by atoms with Gasteiger partial charge in [0, 0.05) is 12.6 Å². The molecule has 0 spiro atoms. The van der Waals surface area contributed by atoms with E-state index in [9.17, 15) is 9.18 Å². The maximum absolute atomic E-state index is 13.0. The highest BCUT2D eigenvalue weighted by Gasteiger charge is 2.23. The van der Waals surface area contributed by atoms with E-state index in [4.69, 9.17) is 0 Å². The zero-order valence-corrected chi connectivity index (χ0v) is 12.9. The van der Waals surface area contributed by atoms with Crippen molar-refractivity contribution in [1.29, 1.82) is 0 Å². The summed E-state index contributed by atoms with van der Waals surface area (Å²) < 4.78 is 13.0. The predicted molar refractivity (Wildman–Crippen MR) is 82.6 cm³/mol. The van der Waals surface area contributed by atoms with Gasteiger partial charge in [0.25, 0.3) is 0 Å². The van der Waals surface area contributed by atoms with Crippen LogP contribution in [0.25, 0.3) is 0 Å². The first-order valence-corrected chi connectivity index (χ1v) is 7.94. The lowest BCUT2D eigenvalue weighted by Gasteiger charge is -2.31. The molecule has 1 saturated carbocycles. The number of carbonyl (C=O) groups is 1. The predicted octanol–water partition coefficient (Wildman–Crippen LogP) is 4.25. The van der Waals surface area contributed by atoms with Gasteiger partial charge in [-0.2, -0.15) is 0 Å². The van der Waals surface area contributed by atoms with E-state index >= 15 is 0 Å². The van der Waals surface area contributed by atoms with E-state index in [1.165, 1.54) is 31.4 Å². The number of nitrogens with zero attached hydrogens (tertiary/aromatic N) is 1. The van der Waals surface area contributed by atoms with Gasteiger partial charge in [0.1, 0.15) is 5.82 Å². The Labute approximate surface area is 126 Å². The van der Waals surface area contributed by atoms with E-state index in [2.05, 4.69) is 5.32 Å². The zero-order chi connectivity index (χ0) is 15.2. The van der Waals surface area contributed by atoms with E-state index in [-0.39, 0.29) is 17.9 Å². The second kappa shape index (κ2) is 7.43. The van der Waals surface area contributed by atoms with Crippen LogP contribution >= 0.6 is 0 Å². The number of carbonyl (C=O) groups excluding carboxylic acids is 1. The van der Waals surface area contributed by atoms with Crippen molar-refractivity contribution < 1.29 is 9.18 Å². The molecule has 1 aromatic rings. The fourth-order valence-electron chi connectivity index (χ4n) is 3.02. The smallest absolute Gasteiger partial charge is 0.318 e. The second-order valence-electron chi connectivity index (χ2n) is 5.80. The van der Waals surface area contributed by atoms with Crippen molar-refractivity contribution in [1.82, 2.24) is 10.2 Å². The van der Waals surface area contributed by atoms with E-state index in [1.54, 1.807) is 12.1 Å². The van der Waals surface area contributed by atoms with Gasteiger partial charge in [-0.1, -0.05) is 31.4 Å². The number of hydrogen-bond donors (Lipinski definition) is 1. The largest absolute Gasteiger partial charge is 0.335 e. The average Bonchev–Trinajstić information content (AvgIpc) is 2.49. The maximum atomic E-state index is 13.0. The standard InChI is InChI=1S/C17H25FN2O/c1-3-20(13(2)14-9-11-15(18)12-10-14)17(21)19-16-7-5-4-6-8-16/h9-13,16H,3-8H2,1-2H3,(H,19,21)/t13-/m1/s1. The molecular formula is C17H25FN2O. The Kier molecular flexibility index (Phi) is 5.59. The Hall–Kier alpha value is -1.58. The van der Waals surface area contributed by atoms with Crippen molar-refractivity contribution in [3.05, 3.63) is 35.6 Å². The SMILES string of the molecule is CCN(C(=O)NC1CCCCC1)[C@H](C)c1ccc(F)cc1. The molecule has 1 N–H and O–H groups in total. The van der Waals surface area contributed by atoms with Crippen LogP contribution in [0.3, 0.4) is 0 Å². The highest BCUT2D eigenvalue weighted by atomic mass is 19.1. The molecule has 0 heterocycles. The number of urea groups is 1. The molecule has 1 aromatic carbocycles. The van der Waals surface area contributed by atoms with Crippen LogP contribution < -0.4 is 5.32 Å². The first kappa shape index (κ1) is 15.8. The first-order chi connectivity index (χ1) is 10.1. The summed E-state index contributed by atoms with van der Waals surface area (Å²) in [5.41, 5.74) is 0.956. The Bertz CT molecular complexity index is 454. The molecule has 1 aliphatic rings. The van der Waals surface area contributed by atoms with E-state index in [0.29, 0.717) is 12.6 Å². The van der Waals surface area contributed by atoms with Crippen LogP contribution in [0, 0.1) is 5.82 Å². The first-order valence-electron chi connectivity index (χ1n) is 7.94. The topological polar surface area (TPSA) is 32.3 Å². The van der Waals surface area contributed by atoms with Gasteiger partial charge in [0.2, 0.25) is 0 Å². The third kappa shape index (κ3) is 4.19. The molecule has 1 fully saturated rings. The maximum Gasteiger partial charge on any atom is 0.318 e. The third-order valence-corrected chi connectivity index (χ3v) is 4.35. The normalized spacial score (nSPS) is 17.3. The molecule has 2 rings (SSSR count). The monoisotopic (exact) mass is 292 g/mol. The molecule has 21 heavy (non-hydrogen) atoms. The number of rotatable bonds is 4. The van der Waals surface area contributed by atoms with Crippen molar-refractivity contribution >= 4 is 6.03 Å². The van der Waals surface area contributed by atoms with Gasteiger partial charge in [-0.05, 0) is 44.4 Å². The van der Waals surface area contributed by atoms with Gasteiger partial charge < -0.3 is 10.2 Å². The van der Waals surface area contributed by atoms with E-state index < -0.39 is 0 Å². The van der Waals surface area contributed by atoms with Crippen LogP contribution in [0.4, 0.5) is 9.18 Å². The molecule has 0 aromatic heterocycles. The average molecular weight is 292 g/mol. The fourth-order valence-corrected chi connectivity index (χ4v) is 3.02. The summed E-state index contributed by atoms with van der Waals surface area (Å²) in [6.45, 7) is 4.59. The van der Waals surface area contributed by atoms with E-state index in [1.807, 2.05) is 18.7 Å². The summed E-state index contributed by atoms with van der Waals surface area (Å²) >= 11 is 0. The summed E-state index contributed by atoms with van der Waals surface area (Å²) in [7, 11) is 0. The minimum absolute atomic E-state index is 0.0128. The van der Waals surface area contributed by atoms with E-state index in [0.717, 1.165) is 18.4 Å². The summed E-state index contributed by atoms with van der Waals surface area (Å²) in [5.74, 6) is -0.249. The number of halogens is 1. The van der Waals surface area contributed by atoms with Gasteiger partial charge in [-0.3, -0.25) is 0 Å². The summed E-state index contributed by atoms with van der Waals surface area (Å²) in [6, 6.07) is 6.62. The molecule has 3 nitrogen and oxygen atoms in total. The van der Waals surface area contributed by atoms with Gasteiger partial charge in [0.15, 0.2) is 0 Å². The molecule has 0 radical (unpaired) electrons. The lowest BCUT2D eigenvalue weighted by Crippen LogP contribution is -2.46. The lowest BCUT2D eigenvalue weighted by molar-refractivity contribution is 0.175. The molecule has 0 aliphatic heterocycles. The number of hydrogen-bond acceptors (Lipinski definition) is 1. The number of amides is 2. The molecule has 0 unspecified atom stereocenters. The lowest BCUT2D eigenvalue weighted by atomic mass is 9.95. The highest BCUT2D eigenvalue weighted by molar-refractivity contribution is 5.75. The van der Waals surface area contributed by atoms with Gasteiger partial charge >= 0.3 is 6.03 Å². The van der Waals surface area contributed by atoms with Crippen molar-refractivity contribution in [2.45, 2.75) is 58.0 Å². The van der Waals surface area contributed by atoms with Crippen molar-refractivity contribution in [2.24, 2.45) is 0 Å². The van der Waals surface area contributed by atoms with Crippen LogP contribution in [-0.4, -0.2) is 23.5 Å².